The maximum atomic E-state index is 12.7. The molecule has 8 nitrogen and oxygen atoms in total. The Hall–Kier alpha value is -2.62. The lowest BCUT2D eigenvalue weighted by molar-refractivity contribution is -0.135. The summed E-state index contributed by atoms with van der Waals surface area (Å²) in [5.74, 6) is -1.12. The van der Waals surface area contributed by atoms with E-state index in [4.69, 9.17) is 22.1 Å². The molecule has 10 heteroatoms. The van der Waals surface area contributed by atoms with E-state index in [9.17, 15) is 18.0 Å². The Morgan fingerprint density at radius 3 is 2.30 bits per heavy atom. The predicted molar refractivity (Wildman–Crippen MR) is 113 cm³/mol. The minimum Gasteiger partial charge on any atom is -0.452 e. The first kappa shape index (κ1) is 22.1. The Morgan fingerprint density at radius 2 is 1.70 bits per heavy atom. The van der Waals surface area contributed by atoms with E-state index in [1.807, 2.05) is 6.92 Å². The van der Waals surface area contributed by atoms with Crippen LogP contribution < -0.4 is 5.73 Å². The molecule has 30 heavy (non-hydrogen) atoms. The van der Waals surface area contributed by atoms with E-state index in [1.54, 1.807) is 24.3 Å². The highest BCUT2D eigenvalue weighted by Crippen LogP contribution is 2.20. The first-order chi connectivity index (χ1) is 14.2. The standard InChI is InChI=1S/C20H22ClN3O5S/c1-14-2-5-16(6-3-14)30(27,28)24-10-8-23(9-11-24)19(25)13-29-20(26)17-7-4-15(21)12-18(17)22/h2-7,12H,8-11,13,22H2,1H3. The van der Waals surface area contributed by atoms with Gasteiger partial charge in [-0.3, -0.25) is 4.79 Å². The summed E-state index contributed by atoms with van der Waals surface area (Å²) in [5, 5.41) is 0.388. The molecule has 0 saturated carbocycles. The quantitative estimate of drug-likeness (QED) is 0.549. The first-order valence-electron chi connectivity index (χ1n) is 9.25. The molecule has 160 valence electrons. The monoisotopic (exact) mass is 451 g/mol. The number of amides is 1. The van der Waals surface area contributed by atoms with Crippen molar-refractivity contribution in [3.63, 3.8) is 0 Å². The van der Waals surface area contributed by atoms with Crippen LogP contribution in [0.25, 0.3) is 0 Å². The molecule has 1 heterocycles. The second-order valence-corrected chi connectivity index (χ2v) is 9.28. The number of carbonyl (C=O) groups is 2. The van der Waals surface area contributed by atoms with Crippen molar-refractivity contribution in [2.45, 2.75) is 11.8 Å². The minimum atomic E-state index is -3.61. The van der Waals surface area contributed by atoms with Crippen molar-refractivity contribution >= 4 is 39.2 Å². The van der Waals surface area contributed by atoms with E-state index in [-0.39, 0.29) is 42.3 Å². The summed E-state index contributed by atoms with van der Waals surface area (Å²) < 4.78 is 31.9. The van der Waals surface area contributed by atoms with Gasteiger partial charge in [-0.1, -0.05) is 29.3 Å². The number of nitrogens with zero attached hydrogens (tertiary/aromatic N) is 2. The maximum absolute atomic E-state index is 12.7. The highest BCUT2D eigenvalue weighted by atomic mass is 35.5. The normalized spacial score (nSPS) is 15.1. The molecule has 1 aliphatic heterocycles. The van der Waals surface area contributed by atoms with Gasteiger partial charge >= 0.3 is 5.97 Å². The molecular weight excluding hydrogens is 430 g/mol. The molecule has 2 N–H and O–H groups in total. The molecular formula is C20H22ClN3O5S. The number of hydrogen-bond acceptors (Lipinski definition) is 6. The fourth-order valence-corrected chi connectivity index (χ4v) is 4.66. The molecule has 3 rings (SSSR count). The smallest absolute Gasteiger partial charge is 0.340 e. The zero-order chi connectivity index (χ0) is 21.9. The van der Waals surface area contributed by atoms with Gasteiger partial charge in [0.1, 0.15) is 0 Å². The van der Waals surface area contributed by atoms with Gasteiger partial charge in [0.25, 0.3) is 5.91 Å². The second kappa shape index (κ2) is 9.03. The molecule has 0 spiro atoms. The molecule has 0 aromatic heterocycles. The van der Waals surface area contributed by atoms with Crippen LogP contribution in [0.5, 0.6) is 0 Å². The number of sulfonamides is 1. The van der Waals surface area contributed by atoms with Gasteiger partial charge in [-0.15, -0.1) is 0 Å². The lowest BCUT2D eigenvalue weighted by Crippen LogP contribution is -2.51. The number of hydrogen-bond donors (Lipinski definition) is 1. The molecule has 0 atom stereocenters. The maximum Gasteiger partial charge on any atom is 0.340 e. The Kier molecular flexibility index (Phi) is 6.64. The van der Waals surface area contributed by atoms with Gasteiger partial charge in [-0.25, -0.2) is 13.2 Å². The number of halogens is 1. The third kappa shape index (κ3) is 4.92. The molecule has 2 aromatic carbocycles. The summed E-state index contributed by atoms with van der Waals surface area (Å²) >= 11 is 5.80. The number of anilines is 1. The molecule has 1 amide bonds. The molecule has 1 saturated heterocycles. The van der Waals surface area contributed by atoms with Gasteiger partial charge < -0.3 is 15.4 Å². The summed E-state index contributed by atoms with van der Waals surface area (Å²) in [4.78, 5) is 26.2. The van der Waals surface area contributed by atoms with Gasteiger partial charge in [0.15, 0.2) is 6.61 Å². The molecule has 0 bridgehead atoms. The summed E-state index contributed by atoms with van der Waals surface area (Å²) in [5.41, 5.74) is 7.00. The molecule has 1 fully saturated rings. The van der Waals surface area contributed by atoms with E-state index in [0.717, 1.165) is 5.56 Å². The number of benzene rings is 2. The number of ether oxygens (including phenoxy) is 1. The highest BCUT2D eigenvalue weighted by Gasteiger charge is 2.30. The number of esters is 1. The molecule has 1 aliphatic rings. The Labute approximate surface area is 180 Å². The lowest BCUT2D eigenvalue weighted by atomic mass is 10.2. The van der Waals surface area contributed by atoms with Crippen molar-refractivity contribution in [3.05, 3.63) is 58.6 Å². The fraction of sp³-hybridized carbons (Fsp3) is 0.300. The van der Waals surface area contributed by atoms with E-state index in [1.165, 1.54) is 27.4 Å². The summed E-state index contributed by atoms with van der Waals surface area (Å²) in [6.07, 6.45) is 0. The van der Waals surface area contributed by atoms with Gasteiger partial charge in [-0.05, 0) is 37.3 Å². The van der Waals surface area contributed by atoms with E-state index >= 15 is 0 Å². The van der Waals surface area contributed by atoms with Crippen LogP contribution in [-0.4, -0.2) is 62.3 Å². The Bertz CT molecular complexity index is 1050. The number of nitrogen functional groups attached to an aromatic ring is 1. The van der Waals surface area contributed by atoms with Gasteiger partial charge in [0.2, 0.25) is 10.0 Å². The summed E-state index contributed by atoms with van der Waals surface area (Å²) in [7, 11) is -3.61. The van der Waals surface area contributed by atoms with Crippen LogP contribution in [0.4, 0.5) is 5.69 Å². The van der Waals surface area contributed by atoms with Gasteiger partial charge in [0.05, 0.1) is 10.5 Å². The van der Waals surface area contributed by atoms with Crippen molar-refractivity contribution in [3.8, 4) is 0 Å². The second-order valence-electron chi connectivity index (χ2n) is 6.91. The summed E-state index contributed by atoms with van der Waals surface area (Å²) in [6.45, 7) is 2.19. The van der Waals surface area contributed by atoms with E-state index < -0.39 is 28.5 Å². The third-order valence-electron chi connectivity index (χ3n) is 4.81. The predicted octanol–water partition coefficient (Wildman–Crippen LogP) is 1.92. The first-order valence-corrected chi connectivity index (χ1v) is 11.1. The van der Waals surface area contributed by atoms with Gasteiger partial charge in [-0.2, -0.15) is 4.31 Å². The van der Waals surface area contributed by atoms with Crippen molar-refractivity contribution in [2.24, 2.45) is 0 Å². The number of piperazine rings is 1. The van der Waals surface area contributed by atoms with Crippen LogP contribution >= 0.6 is 11.6 Å². The van der Waals surface area contributed by atoms with Crippen LogP contribution in [0.2, 0.25) is 5.02 Å². The third-order valence-corrected chi connectivity index (χ3v) is 6.96. The topological polar surface area (TPSA) is 110 Å². The van der Waals surface area contributed by atoms with Crippen molar-refractivity contribution in [2.75, 3.05) is 38.5 Å². The minimum absolute atomic E-state index is 0.126. The summed E-state index contributed by atoms with van der Waals surface area (Å²) in [6, 6.07) is 11.0. The zero-order valence-corrected chi connectivity index (χ0v) is 17.9. The SMILES string of the molecule is Cc1ccc(S(=O)(=O)N2CCN(C(=O)COC(=O)c3ccc(Cl)cc3N)CC2)cc1. The zero-order valence-electron chi connectivity index (χ0n) is 16.4. The van der Waals surface area contributed by atoms with Crippen LogP contribution in [-0.2, 0) is 19.6 Å². The van der Waals surface area contributed by atoms with Gasteiger partial charge in [0, 0.05) is 36.9 Å². The van der Waals surface area contributed by atoms with Crippen LogP contribution in [0, 0.1) is 6.92 Å². The van der Waals surface area contributed by atoms with E-state index in [2.05, 4.69) is 0 Å². The molecule has 0 unspecified atom stereocenters. The molecule has 2 aromatic rings. The average molecular weight is 452 g/mol. The number of nitrogens with two attached hydrogens (primary N) is 1. The van der Waals surface area contributed by atoms with E-state index in [0.29, 0.717) is 5.02 Å². The Morgan fingerprint density at radius 1 is 1.07 bits per heavy atom. The van der Waals surface area contributed by atoms with Crippen molar-refractivity contribution in [1.29, 1.82) is 0 Å². The highest BCUT2D eigenvalue weighted by molar-refractivity contribution is 7.89. The van der Waals surface area contributed by atoms with Crippen molar-refractivity contribution < 1.29 is 22.7 Å². The fourth-order valence-electron chi connectivity index (χ4n) is 3.05. The average Bonchev–Trinajstić information content (AvgIpc) is 2.72. The number of aryl methyl sites for hydroxylation is 1. The van der Waals surface area contributed by atoms with Crippen molar-refractivity contribution in [1.82, 2.24) is 9.21 Å². The molecule has 0 aliphatic carbocycles. The van der Waals surface area contributed by atoms with Crippen LogP contribution in [0.15, 0.2) is 47.4 Å². The largest absolute Gasteiger partial charge is 0.452 e. The van der Waals surface area contributed by atoms with Crippen LogP contribution in [0.1, 0.15) is 15.9 Å². The Balaban J connectivity index is 1.54. The lowest BCUT2D eigenvalue weighted by Gasteiger charge is -2.33. The molecule has 0 radical (unpaired) electrons. The van der Waals surface area contributed by atoms with Crippen LogP contribution in [0.3, 0.4) is 0 Å². The number of carbonyl (C=O) groups excluding carboxylic acids is 2. The number of rotatable bonds is 5.